The van der Waals surface area contributed by atoms with E-state index in [1.165, 1.54) is 23.1 Å². The molecular formula is C19H20. The molecule has 2 atom stereocenters. The van der Waals surface area contributed by atoms with Crippen molar-refractivity contribution in [2.75, 3.05) is 0 Å². The molecule has 0 saturated heterocycles. The van der Waals surface area contributed by atoms with Crippen LogP contribution in [0.25, 0.3) is 11.1 Å². The molecule has 3 rings (SSSR count). The van der Waals surface area contributed by atoms with Gasteiger partial charge in [-0.1, -0.05) is 74.5 Å². The summed E-state index contributed by atoms with van der Waals surface area (Å²) in [5.74, 6) is 1.36. The molecule has 0 aromatic heterocycles. The third kappa shape index (κ3) is 2.23. The maximum Gasteiger partial charge on any atom is -0.0153 e. The highest BCUT2D eigenvalue weighted by atomic mass is 14.3. The Bertz CT molecular complexity index is 578. The second kappa shape index (κ2) is 5.05. The predicted molar refractivity (Wildman–Crippen MR) is 82.6 cm³/mol. The molecule has 2 aromatic rings. The van der Waals surface area contributed by atoms with E-state index in [9.17, 15) is 0 Å². The van der Waals surface area contributed by atoms with Gasteiger partial charge < -0.3 is 0 Å². The number of benzene rings is 2. The highest BCUT2D eigenvalue weighted by molar-refractivity contribution is 5.94. The number of rotatable bonds is 2. The van der Waals surface area contributed by atoms with Crippen molar-refractivity contribution in [3.05, 3.63) is 71.8 Å². The first-order chi connectivity index (χ1) is 9.27. The second-order valence-corrected chi connectivity index (χ2v) is 5.59. The highest BCUT2D eigenvalue weighted by Crippen LogP contribution is 2.46. The maximum atomic E-state index is 2.36. The Labute approximate surface area is 115 Å². The molecule has 1 aliphatic rings. The normalized spacial score (nSPS) is 22.8. The van der Waals surface area contributed by atoms with Crippen molar-refractivity contribution in [1.82, 2.24) is 0 Å². The molecule has 0 saturated carbocycles. The average molecular weight is 248 g/mol. The van der Waals surface area contributed by atoms with Gasteiger partial charge in [-0.25, -0.2) is 0 Å². The van der Waals surface area contributed by atoms with Crippen LogP contribution in [0.5, 0.6) is 0 Å². The van der Waals surface area contributed by atoms with Crippen LogP contribution in [0.2, 0.25) is 0 Å². The summed E-state index contributed by atoms with van der Waals surface area (Å²) < 4.78 is 0. The second-order valence-electron chi connectivity index (χ2n) is 5.59. The lowest BCUT2D eigenvalue weighted by molar-refractivity contribution is 0.509. The van der Waals surface area contributed by atoms with Gasteiger partial charge in [0.05, 0.1) is 0 Å². The summed E-state index contributed by atoms with van der Waals surface area (Å²) in [6.45, 7) is 4.73. The van der Waals surface area contributed by atoms with Crippen molar-refractivity contribution >= 4 is 11.1 Å². The monoisotopic (exact) mass is 248 g/mol. The summed E-state index contributed by atoms with van der Waals surface area (Å²) in [5.41, 5.74) is 5.85. The van der Waals surface area contributed by atoms with Gasteiger partial charge in [-0.15, -0.1) is 0 Å². The highest BCUT2D eigenvalue weighted by Gasteiger charge is 2.29. The zero-order chi connectivity index (χ0) is 13.2. The average Bonchev–Trinajstić information content (AvgIpc) is 2.77. The van der Waals surface area contributed by atoms with Crippen LogP contribution in [0.3, 0.4) is 0 Å². The van der Waals surface area contributed by atoms with Crippen LogP contribution in [0.15, 0.2) is 60.7 Å². The van der Waals surface area contributed by atoms with Crippen LogP contribution in [0, 0.1) is 11.8 Å². The van der Waals surface area contributed by atoms with Crippen LogP contribution in [0.1, 0.15) is 31.4 Å². The maximum absolute atomic E-state index is 2.36. The third-order valence-electron chi connectivity index (χ3n) is 4.37. The summed E-state index contributed by atoms with van der Waals surface area (Å²) in [4.78, 5) is 0. The molecule has 0 amide bonds. The summed E-state index contributed by atoms with van der Waals surface area (Å²) >= 11 is 0. The fourth-order valence-corrected chi connectivity index (χ4v) is 3.14. The Morgan fingerprint density at radius 1 is 0.737 bits per heavy atom. The molecule has 0 radical (unpaired) electrons. The van der Waals surface area contributed by atoms with Gasteiger partial charge in [0.1, 0.15) is 0 Å². The first kappa shape index (κ1) is 12.2. The van der Waals surface area contributed by atoms with Crippen molar-refractivity contribution in [1.29, 1.82) is 0 Å². The Morgan fingerprint density at radius 2 is 1.26 bits per heavy atom. The predicted octanol–water partition coefficient (Wildman–Crippen LogP) is 5.27. The van der Waals surface area contributed by atoms with Crippen LogP contribution in [-0.4, -0.2) is 0 Å². The molecule has 19 heavy (non-hydrogen) atoms. The quantitative estimate of drug-likeness (QED) is 0.679. The molecule has 0 unspecified atom stereocenters. The molecule has 0 fully saturated rings. The van der Waals surface area contributed by atoms with E-state index in [4.69, 9.17) is 0 Å². The molecule has 0 heteroatoms. The summed E-state index contributed by atoms with van der Waals surface area (Å²) in [6.07, 6.45) is 1.19. The largest absolute Gasteiger partial charge is 0.0622 e. The van der Waals surface area contributed by atoms with E-state index >= 15 is 0 Å². The Morgan fingerprint density at radius 3 is 1.84 bits per heavy atom. The molecular weight excluding hydrogens is 228 g/mol. The Kier molecular flexibility index (Phi) is 3.25. The van der Waals surface area contributed by atoms with E-state index in [1.807, 2.05) is 0 Å². The molecule has 2 aromatic carbocycles. The van der Waals surface area contributed by atoms with Crippen LogP contribution in [0.4, 0.5) is 0 Å². The van der Waals surface area contributed by atoms with E-state index < -0.39 is 0 Å². The lowest BCUT2D eigenvalue weighted by atomic mass is 9.90. The minimum atomic E-state index is 0.637. The Hall–Kier alpha value is -1.82. The van der Waals surface area contributed by atoms with Gasteiger partial charge in [0, 0.05) is 0 Å². The van der Waals surface area contributed by atoms with E-state index in [1.54, 1.807) is 5.57 Å². The zero-order valence-electron chi connectivity index (χ0n) is 11.6. The topological polar surface area (TPSA) is 0 Å². The fraction of sp³-hybridized carbons (Fsp3) is 0.263. The zero-order valence-corrected chi connectivity index (χ0v) is 11.6. The van der Waals surface area contributed by atoms with E-state index in [-0.39, 0.29) is 0 Å². The van der Waals surface area contributed by atoms with Gasteiger partial charge >= 0.3 is 0 Å². The molecule has 96 valence electrons. The summed E-state index contributed by atoms with van der Waals surface area (Å²) in [5, 5.41) is 0. The first-order valence-corrected chi connectivity index (χ1v) is 7.11. The molecule has 0 nitrogen and oxygen atoms in total. The van der Waals surface area contributed by atoms with Crippen LogP contribution in [-0.2, 0) is 0 Å². The van der Waals surface area contributed by atoms with Crippen LogP contribution >= 0.6 is 0 Å². The van der Waals surface area contributed by atoms with Crippen molar-refractivity contribution in [3.63, 3.8) is 0 Å². The van der Waals surface area contributed by atoms with Gasteiger partial charge in [0.25, 0.3) is 0 Å². The summed E-state index contributed by atoms with van der Waals surface area (Å²) in [7, 11) is 0. The minimum Gasteiger partial charge on any atom is -0.0622 e. The van der Waals surface area contributed by atoms with E-state index in [0.717, 1.165) is 5.92 Å². The lowest BCUT2D eigenvalue weighted by Gasteiger charge is -2.14. The Balaban J connectivity index is 2.14. The smallest absolute Gasteiger partial charge is 0.0153 e. The third-order valence-corrected chi connectivity index (χ3v) is 4.37. The molecule has 1 aliphatic carbocycles. The molecule has 0 aliphatic heterocycles. The standard InChI is InChI=1S/C19H20/c1-14-13-18(16-9-5-3-6-10-16)19(15(14)2)17-11-7-4-8-12-17/h3-12,14-15H,13H2,1-2H3/t14-,15-/m1/s1. The fourth-order valence-electron chi connectivity index (χ4n) is 3.14. The summed E-state index contributed by atoms with van der Waals surface area (Å²) in [6, 6.07) is 21.7. The number of hydrogen-bond donors (Lipinski definition) is 0. The van der Waals surface area contributed by atoms with Crippen molar-refractivity contribution in [3.8, 4) is 0 Å². The molecule has 0 bridgehead atoms. The van der Waals surface area contributed by atoms with Gasteiger partial charge in [0.2, 0.25) is 0 Å². The van der Waals surface area contributed by atoms with Gasteiger partial charge in [0.15, 0.2) is 0 Å². The number of hydrogen-bond acceptors (Lipinski definition) is 0. The van der Waals surface area contributed by atoms with E-state index in [2.05, 4.69) is 74.5 Å². The molecule has 0 spiro atoms. The SMILES string of the molecule is C[C@@H]1CC(c2ccccc2)=C(c2ccccc2)[C@@H]1C. The van der Waals surface area contributed by atoms with E-state index in [0.29, 0.717) is 5.92 Å². The van der Waals surface area contributed by atoms with Crippen molar-refractivity contribution < 1.29 is 0 Å². The van der Waals surface area contributed by atoms with Crippen LogP contribution < -0.4 is 0 Å². The molecule has 0 N–H and O–H groups in total. The van der Waals surface area contributed by atoms with Gasteiger partial charge in [-0.3, -0.25) is 0 Å². The first-order valence-electron chi connectivity index (χ1n) is 7.11. The minimum absolute atomic E-state index is 0.637. The van der Waals surface area contributed by atoms with Crippen molar-refractivity contribution in [2.24, 2.45) is 11.8 Å². The van der Waals surface area contributed by atoms with Gasteiger partial charge in [-0.05, 0) is 40.5 Å². The molecule has 0 heterocycles. The van der Waals surface area contributed by atoms with Gasteiger partial charge in [-0.2, -0.15) is 0 Å². The lowest BCUT2D eigenvalue weighted by Crippen LogP contribution is -2.02. The van der Waals surface area contributed by atoms with Crippen molar-refractivity contribution in [2.45, 2.75) is 20.3 Å². The number of allylic oxidation sites excluding steroid dienone is 2.